The van der Waals surface area contributed by atoms with Crippen LogP contribution < -0.4 is 10.6 Å². The molecule has 0 aromatic carbocycles. The van der Waals surface area contributed by atoms with Crippen LogP contribution in [0.25, 0.3) is 0 Å². The van der Waals surface area contributed by atoms with E-state index < -0.39 is 0 Å². The minimum atomic E-state index is 0.0442. The highest BCUT2D eigenvalue weighted by Gasteiger charge is 2.53. The van der Waals surface area contributed by atoms with E-state index in [0.29, 0.717) is 23.4 Å². The van der Waals surface area contributed by atoms with Crippen molar-refractivity contribution in [2.45, 2.75) is 89.3 Å². The Bertz CT molecular complexity index is 587. The lowest BCUT2D eigenvalue weighted by atomic mass is 9.73. The fourth-order valence-corrected chi connectivity index (χ4v) is 7.27. The quantitative estimate of drug-likeness (QED) is 0.741. The second-order valence-corrected chi connectivity index (χ2v) is 10.8. The second-order valence-electron chi connectivity index (χ2n) is 10.8. The van der Waals surface area contributed by atoms with Gasteiger partial charge in [0.05, 0.1) is 19.3 Å². The summed E-state index contributed by atoms with van der Waals surface area (Å²) in [5, 5.41) is 7.13. The average molecular weight is 404 g/mol. The van der Waals surface area contributed by atoms with E-state index in [4.69, 9.17) is 4.74 Å². The molecule has 6 unspecified atom stereocenters. The van der Waals surface area contributed by atoms with Gasteiger partial charge in [-0.05, 0) is 68.1 Å². The molecule has 2 aliphatic heterocycles. The van der Waals surface area contributed by atoms with E-state index in [2.05, 4.69) is 22.5 Å². The maximum atomic E-state index is 13.0. The van der Waals surface area contributed by atoms with Crippen molar-refractivity contribution in [1.29, 1.82) is 0 Å². The normalized spacial score (nSPS) is 42.2. The minimum Gasteiger partial charge on any atom is -0.379 e. The third kappa shape index (κ3) is 4.12. The molecule has 6 atom stereocenters. The van der Waals surface area contributed by atoms with E-state index in [0.717, 1.165) is 51.1 Å². The minimum absolute atomic E-state index is 0.0442. The first-order chi connectivity index (χ1) is 14.2. The van der Waals surface area contributed by atoms with Crippen LogP contribution in [0.5, 0.6) is 0 Å². The van der Waals surface area contributed by atoms with Crippen molar-refractivity contribution < 1.29 is 9.53 Å². The summed E-state index contributed by atoms with van der Waals surface area (Å²) in [4.78, 5) is 15.7. The lowest BCUT2D eigenvalue weighted by Crippen LogP contribution is -2.52. The Labute approximate surface area is 176 Å². The van der Waals surface area contributed by atoms with Gasteiger partial charge in [0.2, 0.25) is 5.91 Å². The Morgan fingerprint density at radius 1 is 1.10 bits per heavy atom. The van der Waals surface area contributed by atoms with Gasteiger partial charge in [-0.2, -0.15) is 0 Å². The van der Waals surface area contributed by atoms with Gasteiger partial charge >= 0.3 is 0 Å². The third-order valence-corrected chi connectivity index (χ3v) is 9.14. The highest BCUT2D eigenvalue weighted by Crippen LogP contribution is 2.57. The molecule has 0 radical (unpaired) electrons. The first kappa shape index (κ1) is 20.3. The molecular formula is C24H41N3O2. The Morgan fingerprint density at radius 2 is 1.90 bits per heavy atom. The summed E-state index contributed by atoms with van der Waals surface area (Å²) >= 11 is 0. The smallest absolute Gasteiger partial charge is 0.237 e. The van der Waals surface area contributed by atoms with Crippen molar-refractivity contribution in [2.24, 2.45) is 23.2 Å². The van der Waals surface area contributed by atoms with Crippen LogP contribution in [0.15, 0.2) is 0 Å². The number of hydrogen-bond donors (Lipinski definition) is 2. The predicted octanol–water partition coefficient (Wildman–Crippen LogP) is 2.94. The predicted molar refractivity (Wildman–Crippen MR) is 115 cm³/mol. The fraction of sp³-hybridized carbons (Fsp3) is 0.958. The topological polar surface area (TPSA) is 53.6 Å². The molecule has 0 aromatic heterocycles. The monoisotopic (exact) mass is 403 g/mol. The summed E-state index contributed by atoms with van der Waals surface area (Å²) in [6.07, 6.45) is 13.0. The lowest BCUT2D eigenvalue weighted by molar-refractivity contribution is -0.123. The van der Waals surface area contributed by atoms with Gasteiger partial charge in [-0.1, -0.05) is 26.2 Å². The molecule has 29 heavy (non-hydrogen) atoms. The summed E-state index contributed by atoms with van der Waals surface area (Å²) in [6.45, 7) is 7.23. The number of morpholine rings is 1. The molecule has 5 aliphatic rings. The van der Waals surface area contributed by atoms with E-state index in [1.165, 1.54) is 57.8 Å². The maximum Gasteiger partial charge on any atom is 0.237 e. The molecule has 2 saturated heterocycles. The maximum absolute atomic E-state index is 13.0. The Balaban J connectivity index is 1.18. The Kier molecular flexibility index (Phi) is 5.92. The summed E-state index contributed by atoms with van der Waals surface area (Å²) < 4.78 is 5.60. The zero-order valence-corrected chi connectivity index (χ0v) is 18.3. The number of carbonyl (C=O) groups excluding carboxylic acids is 1. The largest absolute Gasteiger partial charge is 0.379 e. The van der Waals surface area contributed by atoms with Crippen molar-refractivity contribution >= 4 is 5.91 Å². The highest BCUT2D eigenvalue weighted by atomic mass is 16.5. The van der Waals surface area contributed by atoms with E-state index in [9.17, 15) is 4.79 Å². The van der Waals surface area contributed by atoms with Crippen LogP contribution in [0.3, 0.4) is 0 Å². The molecule has 2 heterocycles. The van der Waals surface area contributed by atoms with Crippen LogP contribution in [-0.4, -0.2) is 61.8 Å². The summed E-state index contributed by atoms with van der Waals surface area (Å²) in [6, 6.07) is 1.32. The number of fused-ring (bicyclic) bond motifs is 1. The molecule has 0 aromatic rings. The van der Waals surface area contributed by atoms with Gasteiger partial charge in [0.25, 0.3) is 0 Å². The number of hydrogen-bond acceptors (Lipinski definition) is 4. The van der Waals surface area contributed by atoms with Crippen LogP contribution in [0.4, 0.5) is 0 Å². The Hall–Kier alpha value is -0.650. The van der Waals surface area contributed by atoms with Gasteiger partial charge in [-0.15, -0.1) is 0 Å². The van der Waals surface area contributed by atoms with Crippen LogP contribution in [0, 0.1) is 23.2 Å². The van der Waals surface area contributed by atoms with E-state index in [-0.39, 0.29) is 11.9 Å². The molecule has 2 N–H and O–H groups in total. The molecule has 3 saturated carbocycles. The van der Waals surface area contributed by atoms with Gasteiger partial charge in [-0.25, -0.2) is 0 Å². The fourth-order valence-electron chi connectivity index (χ4n) is 7.27. The van der Waals surface area contributed by atoms with Gasteiger partial charge in [0, 0.05) is 31.7 Å². The summed E-state index contributed by atoms with van der Waals surface area (Å²) in [7, 11) is 0. The molecule has 5 rings (SSSR count). The van der Waals surface area contributed by atoms with E-state index in [1.807, 2.05) is 0 Å². The molecule has 1 amide bonds. The highest BCUT2D eigenvalue weighted by molar-refractivity contribution is 5.82. The van der Waals surface area contributed by atoms with Crippen LogP contribution in [0.2, 0.25) is 0 Å². The standard InChI is InChI=1S/C24H41N3O2/c1-17-5-4-6-18-15-20(26-22(17)18)23(28)25-16-24(9-10-24)19-7-2-3-8-21(19)27-11-13-29-14-12-27/h17-22,26H,2-16H2,1H3,(H,25,28). The molecule has 0 bridgehead atoms. The van der Waals surface area contributed by atoms with Gasteiger partial charge in [0.15, 0.2) is 0 Å². The average Bonchev–Trinajstić information content (AvgIpc) is 3.42. The number of carbonyl (C=O) groups is 1. The summed E-state index contributed by atoms with van der Waals surface area (Å²) in [5.74, 6) is 2.47. The van der Waals surface area contributed by atoms with Gasteiger partial charge < -0.3 is 15.4 Å². The van der Waals surface area contributed by atoms with E-state index in [1.54, 1.807) is 0 Å². The van der Waals surface area contributed by atoms with Gasteiger partial charge in [0.1, 0.15) is 0 Å². The van der Waals surface area contributed by atoms with Crippen molar-refractivity contribution in [3.05, 3.63) is 0 Å². The number of amides is 1. The third-order valence-electron chi connectivity index (χ3n) is 9.14. The first-order valence-electron chi connectivity index (χ1n) is 12.5. The SMILES string of the molecule is CC1CCCC2CC(C(=O)NCC3(C4CCCCC4N4CCOCC4)CC3)NC12. The molecule has 5 fully saturated rings. The lowest BCUT2D eigenvalue weighted by Gasteiger charge is -2.45. The van der Waals surface area contributed by atoms with Gasteiger partial charge in [-0.3, -0.25) is 9.69 Å². The van der Waals surface area contributed by atoms with Crippen molar-refractivity contribution in [2.75, 3.05) is 32.8 Å². The number of ether oxygens (including phenoxy) is 1. The zero-order chi connectivity index (χ0) is 19.8. The molecular weight excluding hydrogens is 362 g/mol. The number of nitrogens with one attached hydrogen (secondary N) is 2. The van der Waals surface area contributed by atoms with Crippen molar-refractivity contribution in [3.8, 4) is 0 Å². The molecule has 3 aliphatic carbocycles. The van der Waals surface area contributed by atoms with Crippen LogP contribution >= 0.6 is 0 Å². The van der Waals surface area contributed by atoms with Crippen LogP contribution in [0.1, 0.15) is 71.1 Å². The Morgan fingerprint density at radius 3 is 2.66 bits per heavy atom. The van der Waals surface area contributed by atoms with Crippen molar-refractivity contribution in [3.63, 3.8) is 0 Å². The molecule has 0 spiro atoms. The van der Waals surface area contributed by atoms with Crippen LogP contribution in [-0.2, 0) is 9.53 Å². The zero-order valence-electron chi connectivity index (χ0n) is 18.3. The summed E-state index contributed by atoms with van der Waals surface area (Å²) in [5.41, 5.74) is 0.373. The van der Waals surface area contributed by atoms with E-state index >= 15 is 0 Å². The molecule has 5 nitrogen and oxygen atoms in total. The number of nitrogens with zero attached hydrogens (tertiary/aromatic N) is 1. The molecule has 164 valence electrons. The molecule has 5 heteroatoms. The first-order valence-corrected chi connectivity index (χ1v) is 12.5. The second kappa shape index (κ2) is 8.47. The van der Waals surface area contributed by atoms with Crippen molar-refractivity contribution in [1.82, 2.24) is 15.5 Å². The number of rotatable bonds is 5.